The van der Waals surface area contributed by atoms with Gasteiger partial charge in [0.1, 0.15) is 6.26 Å². The van der Waals surface area contributed by atoms with Crippen LogP contribution in [-0.2, 0) is 12.8 Å². The minimum atomic E-state index is -0.0586. The highest BCUT2D eigenvalue weighted by Gasteiger charge is 2.23. The summed E-state index contributed by atoms with van der Waals surface area (Å²) < 4.78 is 5.52. The number of para-hydroxylation sites is 1. The second-order valence-corrected chi connectivity index (χ2v) is 6.02. The van der Waals surface area contributed by atoms with E-state index < -0.39 is 0 Å². The van der Waals surface area contributed by atoms with Crippen molar-refractivity contribution in [2.75, 3.05) is 18.0 Å². The van der Waals surface area contributed by atoms with Gasteiger partial charge < -0.3 is 9.73 Å². The van der Waals surface area contributed by atoms with Crippen LogP contribution in [0.5, 0.6) is 0 Å². The van der Waals surface area contributed by atoms with Crippen molar-refractivity contribution in [1.82, 2.24) is 10.3 Å². The highest BCUT2D eigenvalue weighted by Crippen LogP contribution is 2.27. The zero-order valence-corrected chi connectivity index (χ0v) is 13.8. The minimum absolute atomic E-state index is 0.0586. The van der Waals surface area contributed by atoms with Crippen molar-refractivity contribution in [3.63, 3.8) is 0 Å². The molecule has 1 aromatic heterocycles. The number of benzene rings is 2. The molecular weight excluding hydrogens is 314 g/mol. The first-order valence-corrected chi connectivity index (χ1v) is 8.44. The number of hydrogen-bond donors (Lipinski definition) is 1. The maximum Gasteiger partial charge on any atom is 0.321 e. The van der Waals surface area contributed by atoms with E-state index in [2.05, 4.69) is 16.4 Å². The normalized spacial score (nSPS) is 12.9. The van der Waals surface area contributed by atoms with Crippen LogP contribution in [0, 0.1) is 0 Å². The summed E-state index contributed by atoms with van der Waals surface area (Å²) in [7, 11) is 0. The fourth-order valence-corrected chi connectivity index (χ4v) is 3.08. The summed E-state index contributed by atoms with van der Waals surface area (Å²) >= 11 is 0. The van der Waals surface area contributed by atoms with Crippen molar-refractivity contribution in [3.05, 3.63) is 72.1 Å². The lowest BCUT2D eigenvalue weighted by Crippen LogP contribution is -2.39. The van der Waals surface area contributed by atoms with E-state index in [4.69, 9.17) is 4.42 Å². The number of fused-ring (bicyclic) bond motifs is 1. The molecule has 0 unspecified atom stereocenters. The summed E-state index contributed by atoms with van der Waals surface area (Å²) in [5, 5.41) is 2.97. The first-order valence-electron chi connectivity index (χ1n) is 8.44. The van der Waals surface area contributed by atoms with Gasteiger partial charge in [0, 0.05) is 30.8 Å². The van der Waals surface area contributed by atoms with Crippen LogP contribution < -0.4 is 10.2 Å². The van der Waals surface area contributed by atoms with Crippen molar-refractivity contribution in [2.45, 2.75) is 12.8 Å². The summed E-state index contributed by atoms with van der Waals surface area (Å²) in [5.74, 6) is 0.607. The maximum absolute atomic E-state index is 12.4. The van der Waals surface area contributed by atoms with Gasteiger partial charge in [-0.1, -0.05) is 36.4 Å². The predicted molar refractivity (Wildman–Crippen MR) is 96.5 cm³/mol. The zero-order chi connectivity index (χ0) is 17.1. The molecule has 2 aromatic carbocycles. The number of carbonyl (C=O) groups is 1. The Bertz CT molecular complexity index is 873. The molecule has 1 aliphatic heterocycles. The van der Waals surface area contributed by atoms with Gasteiger partial charge in [0.15, 0.2) is 0 Å². The number of anilines is 1. The summed E-state index contributed by atoms with van der Waals surface area (Å²) in [5.41, 5.74) is 4.02. The van der Waals surface area contributed by atoms with Gasteiger partial charge in [0.2, 0.25) is 5.89 Å². The van der Waals surface area contributed by atoms with Crippen LogP contribution in [0.3, 0.4) is 0 Å². The zero-order valence-electron chi connectivity index (χ0n) is 13.8. The van der Waals surface area contributed by atoms with E-state index in [1.165, 1.54) is 5.56 Å². The average Bonchev–Trinajstić information content (AvgIpc) is 3.29. The van der Waals surface area contributed by atoms with E-state index in [0.29, 0.717) is 18.9 Å². The third kappa shape index (κ3) is 3.26. The molecule has 0 fully saturated rings. The second-order valence-electron chi connectivity index (χ2n) is 6.02. The van der Waals surface area contributed by atoms with Crippen LogP contribution in [0.25, 0.3) is 11.5 Å². The highest BCUT2D eigenvalue weighted by molar-refractivity contribution is 5.94. The van der Waals surface area contributed by atoms with Crippen LogP contribution in [0.4, 0.5) is 10.5 Å². The van der Waals surface area contributed by atoms with Gasteiger partial charge in [0.25, 0.3) is 0 Å². The van der Waals surface area contributed by atoms with Crippen molar-refractivity contribution < 1.29 is 9.21 Å². The minimum Gasteiger partial charge on any atom is -0.444 e. The SMILES string of the molecule is O=C(NCCc1coc(-c2ccccc2)n1)N1CCc2ccccc21. The Morgan fingerprint density at radius 2 is 1.92 bits per heavy atom. The van der Waals surface area contributed by atoms with Crippen LogP contribution in [-0.4, -0.2) is 24.1 Å². The number of carbonyl (C=O) groups excluding carboxylic acids is 1. The van der Waals surface area contributed by atoms with Crippen LogP contribution in [0.15, 0.2) is 65.3 Å². The molecule has 0 saturated carbocycles. The average molecular weight is 333 g/mol. The molecule has 0 bridgehead atoms. The first kappa shape index (κ1) is 15.4. The molecule has 0 atom stereocenters. The number of nitrogens with zero attached hydrogens (tertiary/aromatic N) is 2. The number of urea groups is 1. The van der Waals surface area contributed by atoms with E-state index in [0.717, 1.165) is 29.9 Å². The molecule has 0 spiro atoms. The predicted octanol–water partition coefficient (Wildman–Crippen LogP) is 3.66. The summed E-state index contributed by atoms with van der Waals surface area (Å²) in [4.78, 5) is 18.7. The molecule has 126 valence electrons. The van der Waals surface area contributed by atoms with Crippen molar-refractivity contribution >= 4 is 11.7 Å². The molecule has 2 heterocycles. The molecule has 1 N–H and O–H groups in total. The molecule has 3 aromatic rings. The van der Waals surface area contributed by atoms with Crippen molar-refractivity contribution in [1.29, 1.82) is 0 Å². The van der Waals surface area contributed by atoms with Gasteiger partial charge in [0.05, 0.1) is 5.69 Å². The van der Waals surface area contributed by atoms with Crippen LogP contribution >= 0.6 is 0 Å². The Kier molecular flexibility index (Phi) is 4.21. The molecule has 25 heavy (non-hydrogen) atoms. The number of amides is 2. The third-order valence-electron chi connectivity index (χ3n) is 4.36. The maximum atomic E-state index is 12.4. The Morgan fingerprint density at radius 1 is 1.12 bits per heavy atom. The Balaban J connectivity index is 1.33. The molecular formula is C20H19N3O2. The third-order valence-corrected chi connectivity index (χ3v) is 4.36. The lowest BCUT2D eigenvalue weighted by atomic mass is 10.2. The standard InChI is InChI=1S/C20H19N3O2/c24-20(23-13-11-15-6-4-5-9-18(15)23)21-12-10-17-14-25-19(22-17)16-7-2-1-3-8-16/h1-9,14H,10-13H2,(H,21,24). The Morgan fingerprint density at radius 3 is 2.80 bits per heavy atom. The number of aromatic nitrogens is 1. The van der Waals surface area contributed by atoms with Crippen molar-refractivity contribution in [2.24, 2.45) is 0 Å². The Hall–Kier alpha value is -3.08. The van der Waals surface area contributed by atoms with Gasteiger partial charge in [-0.05, 0) is 30.2 Å². The fraction of sp³-hybridized carbons (Fsp3) is 0.200. The molecule has 1 aliphatic rings. The number of oxazole rings is 1. The highest BCUT2D eigenvalue weighted by atomic mass is 16.3. The topological polar surface area (TPSA) is 58.4 Å². The largest absolute Gasteiger partial charge is 0.444 e. The molecule has 0 saturated heterocycles. The summed E-state index contributed by atoms with van der Waals surface area (Å²) in [6.07, 6.45) is 3.20. The van der Waals surface area contributed by atoms with E-state index in [-0.39, 0.29) is 6.03 Å². The molecule has 5 heteroatoms. The molecule has 4 rings (SSSR count). The number of nitrogens with one attached hydrogen (secondary N) is 1. The fourth-order valence-electron chi connectivity index (χ4n) is 3.08. The van der Waals surface area contributed by atoms with Crippen molar-refractivity contribution in [3.8, 4) is 11.5 Å². The number of hydrogen-bond acceptors (Lipinski definition) is 3. The second kappa shape index (κ2) is 6.81. The molecule has 2 amide bonds. The Labute approximate surface area is 146 Å². The van der Waals surface area contributed by atoms with Gasteiger partial charge >= 0.3 is 6.03 Å². The van der Waals surface area contributed by atoms with Gasteiger partial charge in [-0.25, -0.2) is 9.78 Å². The van der Waals surface area contributed by atoms with E-state index in [1.807, 2.05) is 48.5 Å². The lowest BCUT2D eigenvalue weighted by molar-refractivity contribution is 0.247. The summed E-state index contributed by atoms with van der Waals surface area (Å²) in [6.45, 7) is 1.26. The van der Waals surface area contributed by atoms with Crippen LogP contribution in [0.1, 0.15) is 11.3 Å². The van der Waals surface area contributed by atoms with Gasteiger partial charge in [-0.15, -0.1) is 0 Å². The summed E-state index contributed by atoms with van der Waals surface area (Å²) in [6, 6.07) is 17.8. The quantitative estimate of drug-likeness (QED) is 0.793. The van der Waals surface area contributed by atoms with E-state index in [9.17, 15) is 4.79 Å². The number of rotatable bonds is 4. The smallest absolute Gasteiger partial charge is 0.321 e. The van der Waals surface area contributed by atoms with Crippen LogP contribution in [0.2, 0.25) is 0 Å². The first-order chi connectivity index (χ1) is 12.3. The van der Waals surface area contributed by atoms with Gasteiger partial charge in [-0.3, -0.25) is 4.90 Å². The molecule has 0 radical (unpaired) electrons. The van der Waals surface area contributed by atoms with Gasteiger partial charge in [-0.2, -0.15) is 0 Å². The molecule has 5 nitrogen and oxygen atoms in total. The monoisotopic (exact) mass is 333 g/mol. The lowest BCUT2D eigenvalue weighted by Gasteiger charge is -2.17. The van der Waals surface area contributed by atoms with E-state index in [1.54, 1.807) is 11.2 Å². The van der Waals surface area contributed by atoms with E-state index >= 15 is 0 Å². The molecule has 0 aliphatic carbocycles.